The van der Waals surface area contributed by atoms with Gasteiger partial charge < -0.3 is 11.1 Å². The van der Waals surface area contributed by atoms with E-state index in [9.17, 15) is 4.79 Å². The van der Waals surface area contributed by atoms with E-state index in [-0.39, 0.29) is 11.7 Å². The summed E-state index contributed by atoms with van der Waals surface area (Å²) in [7, 11) is 0. The first-order valence-corrected chi connectivity index (χ1v) is 11.0. The van der Waals surface area contributed by atoms with E-state index in [0.29, 0.717) is 29.1 Å². The zero-order chi connectivity index (χ0) is 22.1. The van der Waals surface area contributed by atoms with E-state index in [2.05, 4.69) is 15.3 Å². The lowest BCUT2D eigenvalue weighted by molar-refractivity contribution is 0.0958. The van der Waals surface area contributed by atoms with Gasteiger partial charge in [-0.05, 0) is 53.3 Å². The highest BCUT2D eigenvalue weighted by atomic mass is 32.1. The molecule has 5 rings (SSSR count). The standard InChI is InChI=1S/C24H20N6OS/c25-22(26)21-20(17-8-11-32-14-17)29-23-18(4-3-10-30(21)23)24(31)28-13-15-6-7-16(12-15)19-5-1-2-9-27-19/h1-11,14H,12-13H2,(H3,25,26)(H,28,31). The zero-order valence-corrected chi connectivity index (χ0v) is 17.9. The molecule has 158 valence electrons. The number of nitrogens with one attached hydrogen (secondary N) is 2. The molecule has 0 fully saturated rings. The van der Waals surface area contributed by atoms with Crippen LogP contribution in [0, 0.1) is 5.41 Å². The Morgan fingerprint density at radius 2 is 2.12 bits per heavy atom. The highest BCUT2D eigenvalue weighted by molar-refractivity contribution is 7.08. The molecule has 4 heterocycles. The van der Waals surface area contributed by atoms with Gasteiger partial charge in [0.15, 0.2) is 5.65 Å². The molecule has 1 aliphatic rings. The van der Waals surface area contributed by atoms with Gasteiger partial charge in [0.05, 0.1) is 11.3 Å². The highest BCUT2D eigenvalue weighted by Crippen LogP contribution is 2.28. The molecular formula is C24H20N6OS. The Hall–Kier alpha value is -4.04. The molecule has 0 aliphatic heterocycles. The van der Waals surface area contributed by atoms with Crippen molar-refractivity contribution in [3.63, 3.8) is 0 Å². The number of carbonyl (C=O) groups is 1. The van der Waals surface area contributed by atoms with Crippen LogP contribution in [0.25, 0.3) is 22.5 Å². The Balaban J connectivity index is 1.37. The number of pyridine rings is 2. The monoisotopic (exact) mass is 440 g/mol. The number of nitrogens with zero attached hydrogens (tertiary/aromatic N) is 3. The van der Waals surface area contributed by atoms with E-state index in [0.717, 1.165) is 28.8 Å². The number of carbonyl (C=O) groups excluding carboxylic acids is 1. The van der Waals surface area contributed by atoms with Crippen molar-refractivity contribution in [2.45, 2.75) is 6.42 Å². The second-order valence-electron chi connectivity index (χ2n) is 7.44. The maximum absolute atomic E-state index is 13.0. The maximum atomic E-state index is 13.0. The molecule has 0 radical (unpaired) electrons. The number of nitrogen functional groups attached to an aromatic ring is 1. The van der Waals surface area contributed by atoms with Crippen LogP contribution in [0.4, 0.5) is 0 Å². The Kier molecular flexibility index (Phi) is 5.12. The molecule has 1 amide bonds. The van der Waals surface area contributed by atoms with Crippen LogP contribution in [0.5, 0.6) is 0 Å². The van der Waals surface area contributed by atoms with Gasteiger partial charge in [-0.25, -0.2) is 4.98 Å². The Morgan fingerprint density at radius 3 is 2.88 bits per heavy atom. The van der Waals surface area contributed by atoms with Crippen molar-refractivity contribution in [3.05, 3.63) is 94.2 Å². The van der Waals surface area contributed by atoms with E-state index in [1.54, 1.807) is 40.3 Å². The van der Waals surface area contributed by atoms with Crippen LogP contribution in [-0.2, 0) is 0 Å². The average molecular weight is 441 g/mol. The quantitative estimate of drug-likeness (QED) is 0.312. The molecule has 0 spiro atoms. The van der Waals surface area contributed by atoms with Gasteiger partial charge in [0, 0.05) is 29.9 Å². The Morgan fingerprint density at radius 1 is 1.22 bits per heavy atom. The van der Waals surface area contributed by atoms with Gasteiger partial charge in [-0.3, -0.25) is 19.6 Å². The summed E-state index contributed by atoms with van der Waals surface area (Å²) < 4.78 is 1.71. The third kappa shape index (κ3) is 3.61. The van der Waals surface area contributed by atoms with Crippen LogP contribution in [0.1, 0.15) is 28.2 Å². The zero-order valence-electron chi connectivity index (χ0n) is 17.1. The number of thiophene rings is 1. The van der Waals surface area contributed by atoms with E-state index >= 15 is 0 Å². The smallest absolute Gasteiger partial charge is 0.255 e. The number of imidazole rings is 1. The molecule has 0 saturated carbocycles. The van der Waals surface area contributed by atoms with Crippen molar-refractivity contribution in [2.24, 2.45) is 5.73 Å². The van der Waals surface area contributed by atoms with E-state index < -0.39 is 0 Å². The molecule has 4 N–H and O–H groups in total. The van der Waals surface area contributed by atoms with Crippen molar-refractivity contribution < 1.29 is 4.79 Å². The minimum absolute atomic E-state index is 0.0968. The normalized spacial score (nSPS) is 13.1. The lowest BCUT2D eigenvalue weighted by atomic mass is 10.1. The van der Waals surface area contributed by atoms with E-state index in [4.69, 9.17) is 11.1 Å². The first-order chi connectivity index (χ1) is 15.6. The lowest BCUT2D eigenvalue weighted by Gasteiger charge is -2.09. The predicted molar refractivity (Wildman–Crippen MR) is 127 cm³/mol. The second kappa shape index (κ2) is 8.24. The summed E-state index contributed by atoms with van der Waals surface area (Å²) in [5.74, 6) is -0.319. The number of nitrogens with two attached hydrogens (primary N) is 1. The molecule has 7 nitrogen and oxygen atoms in total. The van der Waals surface area contributed by atoms with E-state index in [1.165, 1.54) is 0 Å². The number of hydrogen-bond acceptors (Lipinski definition) is 5. The van der Waals surface area contributed by atoms with Gasteiger partial charge in [0.2, 0.25) is 0 Å². The molecule has 0 unspecified atom stereocenters. The fourth-order valence-electron chi connectivity index (χ4n) is 3.82. The average Bonchev–Trinajstić information content (AvgIpc) is 3.56. The number of aromatic nitrogens is 3. The summed E-state index contributed by atoms with van der Waals surface area (Å²) >= 11 is 1.54. The molecule has 0 bridgehead atoms. The van der Waals surface area contributed by atoms with Gasteiger partial charge in [0.25, 0.3) is 5.91 Å². The number of amides is 1. The molecule has 4 aromatic rings. The van der Waals surface area contributed by atoms with Crippen molar-refractivity contribution >= 4 is 34.3 Å². The maximum Gasteiger partial charge on any atom is 0.255 e. The van der Waals surface area contributed by atoms with Gasteiger partial charge in [-0.2, -0.15) is 11.3 Å². The Labute approximate surface area is 188 Å². The fourth-order valence-corrected chi connectivity index (χ4v) is 4.46. The van der Waals surface area contributed by atoms with Crippen LogP contribution >= 0.6 is 11.3 Å². The molecule has 0 saturated heterocycles. The van der Waals surface area contributed by atoms with Crippen LogP contribution in [0.2, 0.25) is 0 Å². The van der Waals surface area contributed by atoms with Crippen molar-refractivity contribution in [3.8, 4) is 11.3 Å². The fraction of sp³-hybridized carbons (Fsp3) is 0.0833. The molecule has 1 aliphatic carbocycles. The van der Waals surface area contributed by atoms with Crippen molar-refractivity contribution in [2.75, 3.05) is 6.54 Å². The lowest BCUT2D eigenvalue weighted by Crippen LogP contribution is -2.26. The SMILES string of the molecule is N=C(N)c1c(-c2ccsc2)nc2c(C(=O)NCC3=CC=C(c4ccccn4)C3)cccn12. The number of amidine groups is 1. The molecule has 4 aromatic heterocycles. The number of rotatable bonds is 6. The summed E-state index contributed by atoms with van der Waals surface area (Å²) in [5.41, 5.74) is 11.9. The second-order valence-corrected chi connectivity index (χ2v) is 8.22. The van der Waals surface area contributed by atoms with Crippen LogP contribution < -0.4 is 11.1 Å². The predicted octanol–water partition coefficient (Wildman–Crippen LogP) is 3.89. The first kappa shape index (κ1) is 19.9. The summed E-state index contributed by atoms with van der Waals surface area (Å²) in [6, 6.07) is 11.3. The van der Waals surface area contributed by atoms with Gasteiger partial charge >= 0.3 is 0 Å². The largest absolute Gasteiger partial charge is 0.382 e. The molecule has 0 atom stereocenters. The Bertz CT molecular complexity index is 1380. The highest BCUT2D eigenvalue weighted by Gasteiger charge is 2.21. The molecule has 32 heavy (non-hydrogen) atoms. The first-order valence-electron chi connectivity index (χ1n) is 10.1. The van der Waals surface area contributed by atoms with E-state index in [1.807, 2.05) is 47.2 Å². The molecule has 8 heteroatoms. The summed E-state index contributed by atoms with van der Waals surface area (Å²) in [5, 5.41) is 14.9. The molecule has 0 aromatic carbocycles. The van der Waals surface area contributed by atoms with Gasteiger partial charge in [-0.15, -0.1) is 0 Å². The minimum atomic E-state index is -0.222. The van der Waals surface area contributed by atoms with Gasteiger partial charge in [-0.1, -0.05) is 18.2 Å². The summed E-state index contributed by atoms with van der Waals surface area (Å²) in [6.07, 6.45) is 8.38. The van der Waals surface area contributed by atoms with Crippen molar-refractivity contribution in [1.82, 2.24) is 19.7 Å². The summed E-state index contributed by atoms with van der Waals surface area (Å²) in [6.45, 7) is 0.435. The van der Waals surface area contributed by atoms with Gasteiger partial charge in [0.1, 0.15) is 17.2 Å². The molecular weight excluding hydrogens is 420 g/mol. The number of fused-ring (bicyclic) bond motifs is 1. The summed E-state index contributed by atoms with van der Waals surface area (Å²) in [4.78, 5) is 22.1. The number of allylic oxidation sites excluding steroid dienone is 3. The van der Waals surface area contributed by atoms with Crippen LogP contribution in [0.3, 0.4) is 0 Å². The minimum Gasteiger partial charge on any atom is -0.382 e. The van der Waals surface area contributed by atoms with Crippen LogP contribution in [-0.4, -0.2) is 32.7 Å². The topological polar surface area (TPSA) is 109 Å². The van der Waals surface area contributed by atoms with Crippen molar-refractivity contribution in [1.29, 1.82) is 5.41 Å². The number of hydrogen-bond donors (Lipinski definition) is 3. The third-order valence-corrected chi connectivity index (χ3v) is 6.04. The van der Waals surface area contributed by atoms with Crippen LogP contribution in [0.15, 0.2) is 77.3 Å². The third-order valence-electron chi connectivity index (χ3n) is 5.35.